The van der Waals surface area contributed by atoms with E-state index >= 15 is 0 Å². The van der Waals surface area contributed by atoms with Crippen molar-refractivity contribution in [2.24, 2.45) is 0 Å². The average Bonchev–Trinajstić information content (AvgIpc) is 2.69. The maximum atomic E-state index is 13.6. The lowest BCUT2D eigenvalue weighted by Gasteiger charge is -2.09. The van der Waals surface area contributed by atoms with Crippen LogP contribution in [0, 0.1) is 19.7 Å². The number of rotatable bonds is 5. The van der Waals surface area contributed by atoms with E-state index in [1.165, 1.54) is 11.6 Å². The molecule has 0 radical (unpaired) electrons. The molecule has 5 heteroatoms. The van der Waals surface area contributed by atoms with Crippen LogP contribution in [0.5, 0.6) is 0 Å². The molecule has 21 heavy (non-hydrogen) atoms. The Labute approximate surface area is 130 Å². The standard InChI is InChI=1S/C16H21ClFN3/c1-10(2)19-8-7-14-11(3)20-21(12(14)4)13-5-6-15(17)16(18)9-13/h5-6,9-10,19H,7-8H2,1-4H3. The number of aromatic nitrogens is 2. The van der Waals surface area contributed by atoms with E-state index in [-0.39, 0.29) is 5.02 Å². The van der Waals surface area contributed by atoms with E-state index in [9.17, 15) is 4.39 Å². The summed E-state index contributed by atoms with van der Waals surface area (Å²) in [7, 11) is 0. The third kappa shape index (κ3) is 3.63. The molecule has 1 N–H and O–H groups in total. The minimum absolute atomic E-state index is 0.127. The van der Waals surface area contributed by atoms with Crippen molar-refractivity contribution in [3.63, 3.8) is 0 Å². The van der Waals surface area contributed by atoms with Crippen LogP contribution in [0.2, 0.25) is 5.02 Å². The molecule has 0 unspecified atom stereocenters. The molecule has 0 atom stereocenters. The van der Waals surface area contributed by atoms with Crippen LogP contribution in [0.15, 0.2) is 18.2 Å². The van der Waals surface area contributed by atoms with Gasteiger partial charge in [0.1, 0.15) is 5.82 Å². The van der Waals surface area contributed by atoms with E-state index in [1.54, 1.807) is 16.8 Å². The Bertz CT molecular complexity index is 635. The number of benzene rings is 1. The van der Waals surface area contributed by atoms with E-state index in [2.05, 4.69) is 24.3 Å². The van der Waals surface area contributed by atoms with Gasteiger partial charge >= 0.3 is 0 Å². The summed E-state index contributed by atoms with van der Waals surface area (Å²) in [5.41, 5.74) is 3.92. The van der Waals surface area contributed by atoms with Gasteiger partial charge in [-0.25, -0.2) is 9.07 Å². The van der Waals surface area contributed by atoms with Gasteiger partial charge in [-0.05, 0) is 44.5 Å². The van der Waals surface area contributed by atoms with E-state index in [4.69, 9.17) is 11.6 Å². The van der Waals surface area contributed by atoms with E-state index in [1.807, 2.05) is 13.8 Å². The van der Waals surface area contributed by atoms with Crippen molar-refractivity contribution in [1.82, 2.24) is 15.1 Å². The molecule has 1 heterocycles. The highest BCUT2D eigenvalue weighted by molar-refractivity contribution is 6.30. The van der Waals surface area contributed by atoms with Crippen LogP contribution in [0.3, 0.4) is 0 Å². The van der Waals surface area contributed by atoms with Crippen LogP contribution in [0.4, 0.5) is 4.39 Å². The molecule has 0 aliphatic heterocycles. The van der Waals surface area contributed by atoms with Crippen molar-refractivity contribution < 1.29 is 4.39 Å². The van der Waals surface area contributed by atoms with Crippen LogP contribution in [0.25, 0.3) is 5.69 Å². The van der Waals surface area contributed by atoms with Gasteiger partial charge in [0, 0.05) is 17.8 Å². The van der Waals surface area contributed by atoms with Gasteiger partial charge in [0.2, 0.25) is 0 Å². The van der Waals surface area contributed by atoms with E-state index in [0.717, 1.165) is 24.4 Å². The molecule has 1 aromatic carbocycles. The van der Waals surface area contributed by atoms with Crippen LogP contribution >= 0.6 is 11.6 Å². The van der Waals surface area contributed by atoms with Crippen LogP contribution in [-0.2, 0) is 6.42 Å². The highest BCUT2D eigenvalue weighted by Crippen LogP contribution is 2.22. The monoisotopic (exact) mass is 309 g/mol. The Morgan fingerprint density at radius 2 is 2.05 bits per heavy atom. The molecule has 0 bridgehead atoms. The average molecular weight is 310 g/mol. The first-order valence-corrected chi connectivity index (χ1v) is 7.52. The van der Waals surface area contributed by atoms with Gasteiger partial charge in [-0.3, -0.25) is 0 Å². The third-order valence-corrected chi connectivity index (χ3v) is 3.82. The lowest BCUT2D eigenvalue weighted by Crippen LogP contribution is -2.25. The summed E-state index contributed by atoms with van der Waals surface area (Å²) in [6, 6.07) is 5.22. The SMILES string of the molecule is Cc1nn(-c2ccc(Cl)c(F)c2)c(C)c1CCNC(C)C. The molecule has 0 aliphatic carbocycles. The molecule has 0 spiro atoms. The summed E-state index contributed by atoms with van der Waals surface area (Å²) in [5.74, 6) is -0.426. The molecule has 0 amide bonds. The first-order chi connectivity index (χ1) is 9.90. The summed E-state index contributed by atoms with van der Waals surface area (Å²) in [5, 5.41) is 8.05. The largest absolute Gasteiger partial charge is 0.314 e. The molecule has 0 saturated heterocycles. The number of hydrogen-bond acceptors (Lipinski definition) is 2. The number of nitrogens with one attached hydrogen (secondary N) is 1. The van der Waals surface area contributed by atoms with E-state index in [0.29, 0.717) is 11.7 Å². The topological polar surface area (TPSA) is 29.9 Å². The molecule has 2 rings (SSSR count). The van der Waals surface area contributed by atoms with Crippen molar-refractivity contribution in [1.29, 1.82) is 0 Å². The Balaban J connectivity index is 2.27. The molecule has 0 aliphatic rings. The molecule has 114 valence electrons. The molecule has 2 aromatic rings. The minimum atomic E-state index is -0.426. The van der Waals surface area contributed by atoms with Gasteiger partial charge in [-0.1, -0.05) is 25.4 Å². The number of hydrogen-bond donors (Lipinski definition) is 1. The second-order valence-corrected chi connectivity index (χ2v) is 5.93. The van der Waals surface area contributed by atoms with Gasteiger partial charge in [0.15, 0.2) is 0 Å². The maximum absolute atomic E-state index is 13.6. The summed E-state index contributed by atoms with van der Waals surface area (Å²) in [4.78, 5) is 0. The summed E-state index contributed by atoms with van der Waals surface area (Å²) < 4.78 is 15.4. The van der Waals surface area contributed by atoms with Crippen molar-refractivity contribution in [2.75, 3.05) is 6.54 Å². The highest BCUT2D eigenvalue weighted by atomic mass is 35.5. The fraction of sp³-hybridized carbons (Fsp3) is 0.438. The van der Waals surface area contributed by atoms with Gasteiger partial charge in [-0.2, -0.15) is 5.10 Å². The Kier molecular flexibility index (Phi) is 5.01. The Hall–Kier alpha value is -1.39. The van der Waals surface area contributed by atoms with E-state index < -0.39 is 5.82 Å². The first kappa shape index (κ1) is 16.0. The van der Waals surface area contributed by atoms with Crippen LogP contribution in [-0.4, -0.2) is 22.4 Å². The van der Waals surface area contributed by atoms with Gasteiger partial charge in [0.05, 0.1) is 16.4 Å². The third-order valence-electron chi connectivity index (χ3n) is 3.52. The lowest BCUT2D eigenvalue weighted by molar-refractivity contribution is 0.589. The smallest absolute Gasteiger partial charge is 0.143 e. The maximum Gasteiger partial charge on any atom is 0.143 e. The van der Waals surface area contributed by atoms with Crippen molar-refractivity contribution in [3.05, 3.63) is 46.0 Å². The van der Waals surface area contributed by atoms with Gasteiger partial charge < -0.3 is 5.32 Å². The zero-order valence-electron chi connectivity index (χ0n) is 12.9. The Morgan fingerprint density at radius 3 is 2.67 bits per heavy atom. The predicted octanol–water partition coefficient (Wildman–Crippen LogP) is 3.82. The Morgan fingerprint density at radius 1 is 1.33 bits per heavy atom. The van der Waals surface area contributed by atoms with Crippen LogP contribution < -0.4 is 5.32 Å². The molecular formula is C16H21ClFN3. The highest BCUT2D eigenvalue weighted by Gasteiger charge is 2.13. The second kappa shape index (κ2) is 6.58. The van der Waals surface area contributed by atoms with Crippen molar-refractivity contribution in [2.45, 2.75) is 40.2 Å². The molecule has 0 fully saturated rings. The predicted molar refractivity (Wildman–Crippen MR) is 84.8 cm³/mol. The molecule has 0 saturated carbocycles. The second-order valence-electron chi connectivity index (χ2n) is 5.52. The first-order valence-electron chi connectivity index (χ1n) is 7.14. The fourth-order valence-corrected chi connectivity index (χ4v) is 2.51. The quantitative estimate of drug-likeness (QED) is 0.910. The number of halogens is 2. The summed E-state index contributed by atoms with van der Waals surface area (Å²) in [6.45, 7) is 9.15. The molecular weight excluding hydrogens is 289 g/mol. The fourth-order valence-electron chi connectivity index (χ4n) is 2.39. The normalized spacial score (nSPS) is 11.4. The number of nitrogens with zero attached hydrogens (tertiary/aromatic N) is 2. The zero-order valence-corrected chi connectivity index (χ0v) is 13.6. The zero-order chi connectivity index (χ0) is 15.6. The lowest BCUT2D eigenvalue weighted by atomic mass is 10.1. The summed E-state index contributed by atoms with van der Waals surface area (Å²) >= 11 is 5.73. The van der Waals surface area contributed by atoms with Gasteiger partial charge in [-0.15, -0.1) is 0 Å². The summed E-state index contributed by atoms with van der Waals surface area (Å²) in [6.07, 6.45) is 0.909. The molecule has 3 nitrogen and oxygen atoms in total. The van der Waals surface area contributed by atoms with Crippen molar-refractivity contribution >= 4 is 11.6 Å². The van der Waals surface area contributed by atoms with Crippen LogP contribution in [0.1, 0.15) is 30.8 Å². The van der Waals surface area contributed by atoms with Crippen molar-refractivity contribution in [3.8, 4) is 5.69 Å². The number of aryl methyl sites for hydroxylation is 1. The van der Waals surface area contributed by atoms with Gasteiger partial charge in [0.25, 0.3) is 0 Å². The molecule has 1 aromatic heterocycles. The minimum Gasteiger partial charge on any atom is -0.314 e.